The van der Waals surface area contributed by atoms with Crippen LogP contribution in [0.3, 0.4) is 0 Å². The topological polar surface area (TPSA) is 43.4 Å². The normalized spacial score (nSPS) is 11.0. The summed E-state index contributed by atoms with van der Waals surface area (Å²) in [6.45, 7) is 8.85. The molecule has 0 aliphatic carbocycles. The molecule has 0 rings (SSSR count). The maximum atomic E-state index is 11.2. The number of carbonyl (C=O) groups excluding carboxylic acids is 2. The molecule has 0 unspecified atom stereocenters. The van der Waals surface area contributed by atoms with Gasteiger partial charge in [0.15, 0.2) is 5.78 Å². The van der Waals surface area contributed by atoms with Crippen LogP contribution in [0.25, 0.3) is 0 Å². The van der Waals surface area contributed by atoms with Crippen molar-refractivity contribution in [2.24, 2.45) is 0 Å². The van der Waals surface area contributed by atoms with Crippen LogP contribution in [0, 0.1) is 0 Å². The molecule has 15 heavy (non-hydrogen) atoms. The summed E-state index contributed by atoms with van der Waals surface area (Å²) >= 11 is 0. The monoisotopic (exact) mass is 210 g/mol. The van der Waals surface area contributed by atoms with Gasteiger partial charge in [-0.25, -0.2) is 0 Å². The Bertz CT molecular complexity index is 287. The molecule has 0 aliphatic rings. The second-order valence-corrected chi connectivity index (χ2v) is 3.56. The third-order valence-corrected chi connectivity index (χ3v) is 1.94. The highest BCUT2D eigenvalue weighted by molar-refractivity contribution is 5.94. The van der Waals surface area contributed by atoms with Gasteiger partial charge in [-0.3, -0.25) is 9.59 Å². The lowest BCUT2D eigenvalue weighted by Gasteiger charge is -2.01. The molecular formula is C12H18O3. The van der Waals surface area contributed by atoms with Crippen molar-refractivity contribution in [2.45, 2.75) is 33.6 Å². The van der Waals surface area contributed by atoms with Gasteiger partial charge in [0.25, 0.3) is 0 Å². The quantitative estimate of drug-likeness (QED) is 0.384. The molecule has 3 heteroatoms. The summed E-state index contributed by atoms with van der Waals surface area (Å²) in [5, 5.41) is 0. The van der Waals surface area contributed by atoms with Gasteiger partial charge in [0, 0.05) is 13.3 Å². The second kappa shape index (κ2) is 6.98. The predicted octanol–water partition coefficient (Wildman–Crippen LogP) is 2.42. The molecule has 0 aromatic heterocycles. The number of hydrogen-bond acceptors (Lipinski definition) is 3. The fourth-order valence-electron chi connectivity index (χ4n) is 0.927. The zero-order valence-electron chi connectivity index (χ0n) is 9.63. The van der Waals surface area contributed by atoms with Gasteiger partial charge in [0.05, 0.1) is 0 Å². The van der Waals surface area contributed by atoms with Crippen LogP contribution in [0.4, 0.5) is 0 Å². The highest BCUT2D eigenvalue weighted by Crippen LogP contribution is 2.07. The van der Waals surface area contributed by atoms with Crippen LogP contribution in [0.15, 0.2) is 23.8 Å². The number of rotatable bonds is 6. The lowest BCUT2D eigenvalue weighted by molar-refractivity contribution is -0.139. The molecule has 0 bridgehead atoms. The average molecular weight is 210 g/mol. The van der Waals surface area contributed by atoms with Gasteiger partial charge >= 0.3 is 5.97 Å². The minimum Gasteiger partial charge on any atom is -0.462 e. The van der Waals surface area contributed by atoms with Gasteiger partial charge in [-0.1, -0.05) is 12.2 Å². The Kier molecular flexibility index (Phi) is 6.34. The molecule has 0 amide bonds. The summed E-state index contributed by atoms with van der Waals surface area (Å²) < 4.78 is 4.75. The van der Waals surface area contributed by atoms with Crippen LogP contribution in [-0.4, -0.2) is 18.4 Å². The molecule has 0 fully saturated rings. The average Bonchev–Trinajstić information content (AvgIpc) is 2.13. The molecular weight excluding hydrogens is 192 g/mol. The van der Waals surface area contributed by atoms with E-state index in [2.05, 4.69) is 6.58 Å². The third-order valence-electron chi connectivity index (χ3n) is 1.94. The summed E-state index contributed by atoms with van der Waals surface area (Å²) in [6, 6.07) is 0. The molecule has 0 N–H and O–H groups in total. The Morgan fingerprint density at radius 3 is 2.27 bits per heavy atom. The molecule has 0 saturated heterocycles. The first kappa shape index (κ1) is 13.6. The number of allylic oxidation sites excluding steroid dienone is 2. The Balaban J connectivity index is 3.82. The van der Waals surface area contributed by atoms with E-state index in [1.54, 1.807) is 6.92 Å². The molecule has 3 nitrogen and oxygen atoms in total. The van der Waals surface area contributed by atoms with E-state index in [1.807, 2.05) is 13.0 Å². The van der Waals surface area contributed by atoms with E-state index in [0.717, 1.165) is 5.57 Å². The van der Waals surface area contributed by atoms with Crippen LogP contribution in [0.2, 0.25) is 0 Å². The Morgan fingerprint density at radius 2 is 1.80 bits per heavy atom. The fraction of sp³-hybridized carbons (Fsp3) is 0.500. The maximum absolute atomic E-state index is 11.2. The SMILES string of the molecule is C=C(C)C(=O)CCC(C)=CCOC(C)=O. The van der Waals surface area contributed by atoms with Crippen LogP contribution >= 0.6 is 0 Å². The van der Waals surface area contributed by atoms with Crippen LogP contribution in [0.5, 0.6) is 0 Å². The van der Waals surface area contributed by atoms with E-state index >= 15 is 0 Å². The van der Waals surface area contributed by atoms with Gasteiger partial charge in [0.1, 0.15) is 6.61 Å². The molecule has 0 heterocycles. The molecule has 0 aromatic rings. The number of Topliss-reactive ketones (excluding diaryl/α,β-unsaturated/α-hetero) is 1. The van der Waals surface area contributed by atoms with Gasteiger partial charge in [-0.15, -0.1) is 0 Å². The largest absolute Gasteiger partial charge is 0.462 e. The zero-order chi connectivity index (χ0) is 11.8. The van der Waals surface area contributed by atoms with Crippen LogP contribution in [-0.2, 0) is 14.3 Å². The van der Waals surface area contributed by atoms with Crippen molar-refractivity contribution >= 4 is 11.8 Å². The van der Waals surface area contributed by atoms with E-state index in [0.29, 0.717) is 18.4 Å². The van der Waals surface area contributed by atoms with E-state index < -0.39 is 0 Å². The van der Waals surface area contributed by atoms with Crippen molar-refractivity contribution < 1.29 is 14.3 Å². The summed E-state index contributed by atoms with van der Waals surface area (Å²) in [7, 11) is 0. The molecule has 0 aromatic carbocycles. The molecule has 84 valence electrons. The Labute approximate surface area is 90.8 Å². The first-order valence-electron chi connectivity index (χ1n) is 4.91. The smallest absolute Gasteiger partial charge is 0.302 e. The first-order valence-corrected chi connectivity index (χ1v) is 4.91. The van der Waals surface area contributed by atoms with Crippen LogP contribution < -0.4 is 0 Å². The minimum absolute atomic E-state index is 0.0789. The molecule has 0 aliphatic heterocycles. The van der Waals surface area contributed by atoms with E-state index in [1.165, 1.54) is 6.92 Å². The van der Waals surface area contributed by atoms with Crippen molar-refractivity contribution in [1.82, 2.24) is 0 Å². The lowest BCUT2D eigenvalue weighted by Crippen LogP contribution is -2.00. The highest BCUT2D eigenvalue weighted by Gasteiger charge is 2.02. The standard InChI is InChI=1S/C12H18O3/c1-9(2)12(14)6-5-10(3)7-8-15-11(4)13/h7H,1,5-6,8H2,2-4H3. The summed E-state index contributed by atoms with van der Waals surface area (Å²) in [5.74, 6) is -0.215. The maximum Gasteiger partial charge on any atom is 0.302 e. The number of ketones is 1. The van der Waals surface area contributed by atoms with Gasteiger partial charge < -0.3 is 4.74 Å². The van der Waals surface area contributed by atoms with Crippen molar-refractivity contribution in [2.75, 3.05) is 6.61 Å². The summed E-state index contributed by atoms with van der Waals surface area (Å²) in [5.41, 5.74) is 1.63. The number of ether oxygens (including phenoxy) is 1. The minimum atomic E-state index is -0.294. The van der Waals surface area contributed by atoms with E-state index in [4.69, 9.17) is 4.74 Å². The van der Waals surface area contributed by atoms with Gasteiger partial charge in [-0.05, 0) is 31.9 Å². The Hall–Kier alpha value is -1.38. The van der Waals surface area contributed by atoms with E-state index in [9.17, 15) is 9.59 Å². The Morgan fingerprint density at radius 1 is 1.20 bits per heavy atom. The third kappa shape index (κ3) is 7.67. The number of hydrogen-bond donors (Lipinski definition) is 0. The van der Waals surface area contributed by atoms with Crippen molar-refractivity contribution in [3.05, 3.63) is 23.8 Å². The molecule has 0 spiro atoms. The molecule has 0 atom stereocenters. The molecule has 0 radical (unpaired) electrons. The molecule has 0 saturated carbocycles. The number of esters is 1. The van der Waals surface area contributed by atoms with Crippen LogP contribution in [0.1, 0.15) is 33.6 Å². The highest BCUT2D eigenvalue weighted by atomic mass is 16.5. The number of carbonyl (C=O) groups is 2. The first-order chi connectivity index (χ1) is 6.93. The fourth-order valence-corrected chi connectivity index (χ4v) is 0.927. The van der Waals surface area contributed by atoms with Gasteiger partial charge in [-0.2, -0.15) is 0 Å². The van der Waals surface area contributed by atoms with Crippen molar-refractivity contribution in [3.63, 3.8) is 0 Å². The second-order valence-electron chi connectivity index (χ2n) is 3.56. The van der Waals surface area contributed by atoms with E-state index in [-0.39, 0.29) is 18.4 Å². The summed E-state index contributed by atoms with van der Waals surface area (Å²) in [6.07, 6.45) is 2.97. The van der Waals surface area contributed by atoms with Crippen molar-refractivity contribution in [1.29, 1.82) is 0 Å². The predicted molar refractivity (Wildman–Crippen MR) is 59.4 cm³/mol. The van der Waals surface area contributed by atoms with Gasteiger partial charge in [0.2, 0.25) is 0 Å². The lowest BCUT2D eigenvalue weighted by atomic mass is 10.1. The summed E-state index contributed by atoms with van der Waals surface area (Å²) in [4.78, 5) is 21.7. The van der Waals surface area contributed by atoms with Crippen molar-refractivity contribution in [3.8, 4) is 0 Å². The zero-order valence-corrected chi connectivity index (χ0v) is 9.63.